The molecule has 1 aliphatic heterocycles. The van der Waals surface area contributed by atoms with Crippen molar-refractivity contribution in [3.63, 3.8) is 0 Å². The lowest BCUT2D eigenvalue weighted by molar-refractivity contribution is -0.155. The lowest BCUT2D eigenvalue weighted by atomic mass is 10.1. The van der Waals surface area contributed by atoms with Crippen LogP contribution in [0.5, 0.6) is 0 Å². The first kappa shape index (κ1) is 28.4. The Kier molecular flexibility index (Phi) is 7.40. The highest BCUT2D eigenvalue weighted by atomic mass is 35.5. The van der Waals surface area contributed by atoms with Crippen molar-refractivity contribution in [2.45, 2.75) is 24.4 Å². The van der Waals surface area contributed by atoms with Crippen molar-refractivity contribution in [2.24, 2.45) is 0 Å². The van der Waals surface area contributed by atoms with Gasteiger partial charge in [0, 0.05) is 35.9 Å². The lowest BCUT2D eigenvalue weighted by Crippen LogP contribution is -2.40. The average Bonchev–Trinajstić information content (AvgIpc) is 3.25. The Morgan fingerprint density at radius 3 is 2.41 bits per heavy atom. The molecular weight excluding hydrogens is 577 g/mol. The van der Waals surface area contributed by atoms with Gasteiger partial charge in [-0.3, -0.25) is 14.2 Å². The quantitative estimate of drug-likeness (QED) is 0.303. The first-order valence-corrected chi connectivity index (χ1v) is 12.3. The van der Waals surface area contributed by atoms with Crippen molar-refractivity contribution in [1.82, 2.24) is 19.9 Å². The predicted molar refractivity (Wildman–Crippen MR) is 137 cm³/mol. The number of β-amino-alcohol motifs (C(OH)–C–C–N with tert-alkyl or cyclic N) is 2. The fraction of sp³-hybridized carbons (Fsp3) is 0.231. The van der Waals surface area contributed by atoms with Crippen LogP contribution in [0.4, 0.5) is 27.8 Å². The van der Waals surface area contributed by atoms with Gasteiger partial charge >= 0.3 is 6.18 Å². The van der Waals surface area contributed by atoms with Crippen LogP contribution < -0.4 is 15.6 Å². The molecule has 1 unspecified atom stereocenters. The number of alkyl halides is 3. The second-order valence-corrected chi connectivity index (χ2v) is 9.66. The van der Waals surface area contributed by atoms with Crippen molar-refractivity contribution in [3.05, 3.63) is 92.9 Å². The Labute approximate surface area is 232 Å². The third-order valence-corrected chi connectivity index (χ3v) is 6.84. The Hall–Kier alpha value is -4.14. The number of anilines is 1. The lowest BCUT2D eigenvalue weighted by Gasteiger charge is -2.23. The monoisotopic (exact) mass is 595 g/mol. The minimum absolute atomic E-state index is 0.0194. The topological polar surface area (TPSA) is 121 Å². The average molecular weight is 596 g/mol. The molecule has 15 heteroatoms. The van der Waals surface area contributed by atoms with E-state index >= 15 is 0 Å². The van der Waals surface area contributed by atoms with Crippen LogP contribution in [0, 0.1) is 11.6 Å². The van der Waals surface area contributed by atoms with E-state index in [0.717, 1.165) is 16.8 Å². The second kappa shape index (κ2) is 10.7. The summed E-state index contributed by atoms with van der Waals surface area (Å²) in [5, 5.41) is 21.0. The molecule has 4 heterocycles. The van der Waals surface area contributed by atoms with Crippen LogP contribution in [0.3, 0.4) is 0 Å². The van der Waals surface area contributed by atoms with Gasteiger partial charge in [-0.2, -0.15) is 13.2 Å². The summed E-state index contributed by atoms with van der Waals surface area (Å²) in [5.74, 6) is -4.15. The molecule has 41 heavy (non-hydrogen) atoms. The Balaban J connectivity index is 1.66. The number of carbonyl (C=O) groups is 1. The molecule has 0 saturated carbocycles. The van der Waals surface area contributed by atoms with Gasteiger partial charge in [-0.1, -0.05) is 29.8 Å². The number of amides is 1. The van der Waals surface area contributed by atoms with Crippen LogP contribution in [0.15, 0.2) is 59.7 Å². The molecule has 0 radical (unpaired) electrons. The van der Waals surface area contributed by atoms with Crippen LogP contribution in [-0.2, 0) is 0 Å². The second-order valence-electron chi connectivity index (χ2n) is 9.25. The van der Waals surface area contributed by atoms with Gasteiger partial charge in [-0.05, 0) is 18.2 Å². The molecule has 9 nitrogen and oxygen atoms in total. The molecule has 5 rings (SSSR count). The zero-order chi connectivity index (χ0) is 29.6. The molecule has 0 bridgehead atoms. The van der Waals surface area contributed by atoms with Gasteiger partial charge in [-0.25, -0.2) is 18.7 Å². The molecule has 3 aromatic heterocycles. The number of pyridine rings is 3. The number of rotatable bonds is 5. The van der Waals surface area contributed by atoms with Crippen molar-refractivity contribution < 1.29 is 37.0 Å². The van der Waals surface area contributed by atoms with Gasteiger partial charge in [-0.15, -0.1) is 0 Å². The number of nitrogens with zero attached hydrogens (tertiary/aromatic N) is 4. The van der Waals surface area contributed by atoms with Crippen molar-refractivity contribution in [1.29, 1.82) is 0 Å². The number of halogens is 6. The van der Waals surface area contributed by atoms with Crippen molar-refractivity contribution >= 4 is 34.4 Å². The SMILES string of the molecule is O=C(NC(c1ccccc1Cl)C(F)(F)F)c1cn(-c2ncc(F)cc2F)c2nc(N3C[C@@H](O)[C@H](O)C3)ccc2c1=O. The van der Waals surface area contributed by atoms with E-state index in [1.54, 1.807) is 5.32 Å². The summed E-state index contributed by atoms with van der Waals surface area (Å²) >= 11 is 5.94. The summed E-state index contributed by atoms with van der Waals surface area (Å²) in [5.41, 5.74) is -2.58. The van der Waals surface area contributed by atoms with Gasteiger partial charge in [0.15, 0.2) is 23.3 Å². The van der Waals surface area contributed by atoms with Crippen LogP contribution >= 0.6 is 11.6 Å². The minimum Gasteiger partial charge on any atom is -0.389 e. The molecule has 1 aliphatic rings. The number of benzene rings is 1. The summed E-state index contributed by atoms with van der Waals surface area (Å²) in [6.07, 6.45) is -5.76. The fourth-order valence-electron chi connectivity index (χ4n) is 4.49. The molecule has 1 saturated heterocycles. The van der Waals surface area contributed by atoms with Gasteiger partial charge in [0.25, 0.3) is 5.91 Å². The van der Waals surface area contributed by atoms with Crippen molar-refractivity contribution in [2.75, 3.05) is 18.0 Å². The molecule has 1 amide bonds. The molecule has 3 atom stereocenters. The van der Waals surface area contributed by atoms with Crippen LogP contribution in [0.1, 0.15) is 22.0 Å². The zero-order valence-electron chi connectivity index (χ0n) is 20.6. The Bertz CT molecular complexity index is 1710. The number of nitrogens with one attached hydrogen (secondary N) is 1. The smallest absolute Gasteiger partial charge is 0.389 e. The summed E-state index contributed by atoms with van der Waals surface area (Å²) in [6, 6.07) is 5.39. The first-order chi connectivity index (χ1) is 19.3. The Morgan fingerprint density at radius 2 is 1.78 bits per heavy atom. The summed E-state index contributed by atoms with van der Waals surface area (Å²) in [4.78, 5) is 36.1. The molecule has 0 spiro atoms. The largest absolute Gasteiger partial charge is 0.412 e. The maximum atomic E-state index is 14.9. The molecule has 0 aliphatic carbocycles. The van der Waals surface area contributed by atoms with Gasteiger partial charge in [0.2, 0.25) is 5.43 Å². The number of aliphatic hydroxyl groups is 2. The maximum absolute atomic E-state index is 14.9. The predicted octanol–water partition coefficient (Wildman–Crippen LogP) is 3.29. The minimum atomic E-state index is -5.01. The van der Waals surface area contributed by atoms with Crippen LogP contribution in [0.25, 0.3) is 16.9 Å². The van der Waals surface area contributed by atoms with E-state index in [2.05, 4.69) is 9.97 Å². The van der Waals surface area contributed by atoms with E-state index in [1.165, 1.54) is 35.2 Å². The van der Waals surface area contributed by atoms with E-state index in [9.17, 15) is 41.8 Å². The van der Waals surface area contributed by atoms with Gasteiger partial charge < -0.3 is 20.4 Å². The number of carbonyl (C=O) groups excluding carboxylic acids is 1. The van der Waals surface area contributed by atoms with Crippen LogP contribution in [0.2, 0.25) is 5.02 Å². The molecule has 214 valence electrons. The molecule has 4 aromatic rings. The highest BCUT2D eigenvalue weighted by Crippen LogP contribution is 2.36. The molecular formula is C26H19ClF5N5O4. The molecule has 3 N–H and O–H groups in total. The first-order valence-electron chi connectivity index (χ1n) is 12.0. The van der Waals surface area contributed by atoms with E-state index in [1.807, 2.05) is 0 Å². The number of aliphatic hydroxyl groups excluding tert-OH is 2. The third kappa shape index (κ3) is 5.45. The normalized spacial score (nSPS) is 18.1. The van der Waals surface area contributed by atoms with Gasteiger partial charge in [0.05, 0.1) is 23.8 Å². The number of fused-ring (bicyclic) bond motifs is 1. The summed E-state index contributed by atoms with van der Waals surface area (Å²) in [6.45, 7) is -0.0388. The fourth-order valence-corrected chi connectivity index (χ4v) is 4.73. The number of hydrogen-bond donors (Lipinski definition) is 3. The molecule has 1 fully saturated rings. The van der Waals surface area contributed by atoms with E-state index in [-0.39, 0.29) is 35.0 Å². The maximum Gasteiger partial charge on any atom is 0.412 e. The van der Waals surface area contributed by atoms with Crippen molar-refractivity contribution in [3.8, 4) is 5.82 Å². The summed E-state index contributed by atoms with van der Waals surface area (Å²) in [7, 11) is 0. The highest BCUT2D eigenvalue weighted by Gasteiger charge is 2.43. The van der Waals surface area contributed by atoms with E-state index in [0.29, 0.717) is 12.3 Å². The standard InChI is InChI=1S/C26H19ClF5N5O4/c27-16-4-2-1-3-13(16)22(26(30,31)32)35-25(41)15-9-37(24-17(29)7-12(28)8-33-24)23-14(21(15)40)5-6-20(34-23)36-10-18(38)19(39)11-36/h1-9,18-19,22,38-39H,10-11H2,(H,35,41)/t18-,19-,22?/m1/s1. The molecule has 1 aromatic carbocycles. The Morgan fingerprint density at radius 1 is 1.10 bits per heavy atom. The highest BCUT2D eigenvalue weighted by molar-refractivity contribution is 6.31. The van der Waals surface area contributed by atoms with Crippen LogP contribution in [-0.4, -0.2) is 62.1 Å². The zero-order valence-corrected chi connectivity index (χ0v) is 21.4. The van der Waals surface area contributed by atoms with Gasteiger partial charge in [0.1, 0.15) is 17.2 Å². The number of hydrogen-bond acceptors (Lipinski definition) is 7. The van der Waals surface area contributed by atoms with E-state index in [4.69, 9.17) is 11.6 Å². The third-order valence-electron chi connectivity index (χ3n) is 6.50. The van der Waals surface area contributed by atoms with E-state index < -0.39 is 64.3 Å². The number of aromatic nitrogens is 3. The summed E-state index contributed by atoms with van der Waals surface area (Å²) < 4.78 is 71.3.